The number of thioether (sulfide) groups is 1. The summed E-state index contributed by atoms with van der Waals surface area (Å²) in [7, 11) is 1.42. The van der Waals surface area contributed by atoms with E-state index < -0.39 is 17.1 Å². The van der Waals surface area contributed by atoms with Gasteiger partial charge < -0.3 is 15.2 Å². The number of nitrogens with one attached hydrogen (secondary N) is 1. The van der Waals surface area contributed by atoms with Crippen LogP contribution in [-0.2, 0) is 9.59 Å². The zero-order chi connectivity index (χ0) is 20.3. The topological polar surface area (TPSA) is 95.9 Å². The van der Waals surface area contributed by atoms with Gasteiger partial charge in [0.1, 0.15) is 6.54 Å². The van der Waals surface area contributed by atoms with E-state index in [1.807, 2.05) is 19.1 Å². The molecule has 0 aliphatic carbocycles. The zero-order valence-corrected chi connectivity index (χ0v) is 16.1. The largest absolute Gasteiger partial charge is 0.504 e. The van der Waals surface area contributed by atoms with Gasteiger partial charge in [0.15, 0.2) is 11.5 Å². The van der Waals surface area contributed by atoms with Gasteiger partial charge in [-0.3, -0.25) is 19.3 Å². The lowest BCUT2D eigenvalue weighted by Crippen LogP contribution is -2.36. The van der Waals surface area contributed by atoms with E-state index in [4.69, 9.17) is 4.74 Å². The van der Waals surface area contributed by atoms with Gasteiger partial charge in [-0.1, -0.05) is 23.8 Å². The zero-order valence-electron chi connectivity index (χ0n) is 15.3. The van der Waals surface area contributed by atoms with Crippen LogP contribution in [0.3, 0.4) is 0 Å². The molecule has 2 aromatic rings. The van der Waals surface area contributed by atoms with Gasteiger partial charge in [-0.05, 0) is 54.6 Å². The summed E-state index contributed by atoms with van der Waals surface area (Å²) in [4.78, 5) is 38.0. The molecule has 0 atom stereocenters. The molecule has 0 bridgehead atoms. The smallest absolute Gasteiger partial charge is 0.294 e. The number of carbonyl (C=O) groups is 3. The highest BCUT2D eigenvalue weighted by molar-refractivity contribution is 8.18. The Kier molecular flexibility index (Phi) is 5.70. The molecule has 1 fully saturated rings. The van der Waals surface area contributed by atoms with Gasteiger partial charge in [0.2, 0.25) is 5.91 Å². The molecule has 1 aliphatic rings. The summed E-state index contributed by atoms with van der Waals surface area (Å²) in [6, 6.07) is 11.8. The molecule has 0 saturated carbocycles. The van der Waals surface area contributed by atoms with Crippen LogP contribution < -0.4 is 10.1 Å². The Labute approximate surface area is 166 Å². The third-order valence-corrected chi connectivity index (χ3v) is 4.92. The highest BCUT2D eigenvalue weighted by Crippen LogP contribution is 2.34. The Balaban J connectivity index is 1.70. The van der Waals surface area contributed by atoms with Gasteiger partial charge in [-0.2, -0.15) is 0 Å². The normalized spacial score (nSPS) is 15.2. The van der Waals surface area contributed by atoms with E-state index in [9.17, 15) is 19.5 Å². The van der Waals surface area contributed by atoms with E-state index in [0.29, 0.717) is 11.3 Å². The molecule has 1 aliphatic heterocycles. The Bertz CT molecular complexity index is 969. The van der Waals surface area contributed by atoms with E-state index in [0.717, 1.165) is 22.2 Å². The number of methoxy groups -OCH3 is 1. The van der Waals surface area contributed by atoms with Crippen molar-refractivity contribution in [1.29, 1.82) is 0 Å². The van der Waals surface area contributed by atoms with Gasteiger partial charge in [-0.15, -0.1) is 0 Å². The van der Waals surface area contributed by atoms with E-state index in [2.05, 4.69) is 5.32 Å². The van der Waals surface area contributed by atoms with Gasteiger partial charge in [0.25, 0.3) is 11.1 Å². The number of hydrogen-bond acceptors (Lipinski definition) is 6. The molecule has 2 N–H and O–H groups in total. The van der Waals surface area contributed by atoms with Crippen molar-refractivity contribution in [1.82, 2.24) is 4.90 Å². The van der Waals surface area contributed by atoms with Gasteiger partial charge in [-0.25, -0.2) is 0 Å². The second-order valence-electron chi connectivity index (χ2n) is 6.11. The summed E-state index contributed by atoms with van der Waals surface area (Å²) >= 11 is 0.760. The average Bonchev–Trinajstić information content (AvgIpc) is 2.92. The minimum atomic E-state index is -0.541. The fraction of sp³-hybridized carbons (Fsp3) is 0.150. The Morgan fingerprint density at radius 3 is 2.61 bits per heavy atom. The summed E-state index contributed by atoms with van der Waals surface area (Å²) in [5, 5.41) is 11.8. The van der Waals surface area contributed by atoms with Crippen molar-refractivity contribution in [2.75, 3.05) is 19.0 Å². The maximum Gasteiger partial charge on any atom is 0.294 e. The first-order valence-electron chi connectivity index (χ1n) is 8.36. The molecular weight excluding hydrogens is 380 g/mol. The molecule has 3 amide bonds. The summed E-state index contributed by atoms with van der Waals surface area (Å²) in [6.07, 6.45) is 1.52. The number of imide groups is 1. The van der Waals surface area contributed by atoms with Gasteiger partial charge >= 0.3 is 0 Å². The first-order valence-corrected chi connectivity index (χ1v) is 9.18. The van der Waals surface area contributed by atoms with Crippen molar-refractivity contribution in [3.63, 3.8) is 0 Å². The lowest BCUT2D eigenvalue weighted by Gasteiger charge is -2.12. The molecule has 0 spiro atoms. The van der Waals surface area contributed by atoms with Crippen LogP contribution in [0.1, 0.15) is 11.1 Å². The predicted octanol–water partition coefficient (Wildman–Crippen LogP) is 3.38. The first-order chi connectivity index (χ1) is 13.4. The predicted molar refractivity (Wildman–Crippen MR) is 107 cm³/mol. The first kappa shape index (κ1) is 19.5. The van der Waals surface area contributed by atoms with Crippen LogP contribution in [0.15, 0.2) is 47.4 Å². The third-order valence-electron chi connectivity index (χ3n) is 4.01. The number of anilines is 1. The number of amides is 3. The fourth-order valence-corrected chi connectivity index (χ4v) is 3.39. The number of aromatic hydroxyl groups is 1. The van der Waals surface area contributed by atoms with Crippen LogP contribution in [0, 0.1) is 6.92 Å². The maximum atomic E-state index is 12.5. The Hall–Kier alpha value is -3.26. The molecule has 8 heteroatoms. The monoisotopic (exact) mass is 398 g/mol. The summed E-state index contributed by atoms with van der Waals surface area (Å²) in [5.41, 5.74) is 2.23. The number of benzene rings is 2. The van der Waals surface area contributed by atoms with Gasteiger partial charge in [0, 0.05) is 5.69 Å². The van der Waals surface area contributed by atoms with Crippen LogP contribution in [0.25, 0.3) is 6.08 Å². The second kappa shape index (κ2) is 8.18. The SMILES string of the molecule is COc1cc(/C=C2\SC(=O)N(CC(=O)Nc3ccc(C)cc3)C2=O)ccc1O. The summed E-state index contributed by atoms with van der Waals surface area (Å²) in [6.45, 7) is 1.57. The second-order valence-corrected chi connectivity index (χ2v) is 7.11. The minimum absolute atomic E-state index is 0.0273. The van der Waals surface area contributed by atoms with Crippen molar-refractivity contribution in [2.24, 2.45) is 0 Å². The number of ether oxygens (including phenoxy) is 1. The molecule has 1 heterocycles. The van der Waals surface area contributed by atoms with Crippen molar-refractivity contribution in [2.45, 2.75) is 6.92 Å². The third kappa shape index (κ3) is 4.34. The van der Waals surface area contributed by atoms with E-state index >= 15 is 0 Å². The number of carbonyl (C=O) groups excluding carboxylic acids is 3. The standard InChI is InChI=1S/C20H18N2O5S/c1-12-3-6-14(7-4-12)21-18(24)11-22-19(25)17(28-20(22)26)10-13-5-8-15(23)16(9-13)27-2/h3-10,23H,11H2,1-2H3,(H,21,24)/b17-10-. The van der Waals surface area contributed by atoms with Crippen molar-refractivity contribution in [3.8, 4) is 11.5 Å². The summed E-state index contributed by atoms with van der Waals surface area (Å²) < 4.78 is 5.03. The molecule has 28 heavy (non-hydrogen) atoms. The Morgan fingerprint density at radius 1 is 1.21 bits per heavy atom. The highest BCUT2D eigenvalue weighted by Gasteiger charge is 2.36. The summed E-state index contributed by atoms with van der Waals surface area (Å²) in [5.74, 6) is -0.772. The maximum absolute atomic E-state index is 12.5. The van der Waals surface area contributed by atoms with Crippen molar-refractivity contribution in [3.05, 3.63) is 58.5 Å². The number of rotatable bonds is 5. The molecule has 3 rings (SSSR count). The number of aryl methyl sites for hydroxylation is 1. The molecule has 0 unspecified atom stereocenters. The lowest BCUT2D eigenvalue weighted by atomic mass is 10.2. The molecule has 144 valence electrons. The van der Waals surface area contributed by atoms with E-state index in [1.165, 1.54) is 19.3 Å². The molecule has 7 nitrogen and oxygen atoms in total. The van der Waals surface area contributed by atoms with Crippen molar-refractivity contribution < 1.29 is 24.2 Å². The minimum Gasteiger partial charge on any atom is -0.504 e. The average molecular weight is 398 g/mol. The highest BCUT2D eigenvalue weighted by atomic mass is 32.2. The van der Waals surface area contributed by atoms with Crippen LogP contribution in [-0.4, -0.2) is 40.7 Å². The molecule has 0 radical (unpaired) electrons. The van der Waals surface area contributed by atoms with Crippen molar-refractivity contribution >= 4 is 40.6 Å². The quantitative estimate of drug-likeness (QED) is 0.750. The van der Waals surface area contributed by atoms with E-state index in [1.54, 1.807) is 24.3 Å². The van der Waals surface area contributed by atoms with Gasteiger partial charge in [0.05, 0.1) is 12.0 Å². The lowest BCUT2D eigenvalue weighted by molar-refractivity contribution is -0.127. The Morgan fingerprint density at radius 2 is 1.93 bits per heavy atom. The molecular formula is C20H18N2O5S. The fourth-order valence-electron chi connectivity index (χ4n) is 2.55. The van der Waals surface area contributed by atoms with Crippen LogP contribution in [0.2, 0.25) is 0 Å². The van der Waals surface area contributed by atoms with Crippen LogP contribution in [0.5, 0.6) is 11.5 Å². The molecule has 1 saturated heterocycles. The number of phenols is 1. The number of nitrogens with zero attached hydrogens (tertiary/aromatic N) is 1. The molecule has 2 aromatic carbocycles. The molecule has 0 aromatic heterocycles. The van der Waals surface area contributed by atoms with Crippen LogP contribution >= 0.6 is 11.8 Å². The van der Waals surface area contributed by atoms with Crippen LogP contribution in [0.4, 0.5) is 10.5 Å². The number of hydrogen-bond donors (Lipinski definition) is 2. The van der Waals surface area contributed by atoms with E-state index in [-0.39, 0.29) is 22.9 Å². The number of phenolic OH excluding ortho intramolecular Hbond substituents is 1.